The lowest BCUT2D eigenvalue weighted by Gasteiger charge is -2.30. The molecule has 104 valence electrons. The van der Waals surface area contributed by atoms with Gasteiger partial charge < -0.3 is 10.5 Å². The van der Waals surface area contributed by atoms with Crippen LogP contribution >= 0.6 is 0 Å². The van der Waals surface area contributed by atoms with Crippen molar-refractivity contribution in [2.24, 2.45) is 5.92 Å². The van der Waals surface area contributed by atoms with Crippen LogP contribution in [0.15, 0.2) is 18.3 Å². The summed E-state index contributed by atoms with van der Waals surface area (Å²) in [7, 11) is 0. The van der Waals surface area contributed by atoms with Gasteiger partial charge in [-0.05, 0) is 45.0 Å². The lowest BCUT2D eigenvalue weighted by atomic mass is 9.97. The molecule has 0 spiro atoms. The minimum absolute atomic E-state index is 0.0516. The fourth-order valence-electron chi connectivity index (χ4n) is 2.40. The molecule has 0 amide bonds. The largest absolute Gasteiger partial charge is 0.466 e. The number of aromatic nitrogens is 1. The molecule has 19 heavy (non-hydrogen) atoms. The van der Waals surface area contributed by atoms with Crippen LogP contribution in [0.5, 0.6) is 0 Å². The van der Waals surface area contributed by atoms with Gasteiger partial charge in [-0.3, -0.25) is 14.7 Å². The zero-order valence-electron chi connectivity index (χ0n) is 11.3. The van der Waals surface area contributed by atoms with Gasteiger partial charge in [0.05, 0.1) is 18.2 Å². The molecule has 2 N–H and O–H groups in total. The molecule has 1 aliphatic heterocycles. The molecule has 5 nitrogen and oxygen atoms in total. The van der Waals surface area contributed by atoms with Crippen LogP contribution in [-0.2, 0) is 16.1 Å². The van der Waals surface area contributed by atoms with Crippen molar-refractivity contribution in [1.29, 1.82) is 0 Å². The zero-order valence-corrected chi connectivity index (χ0v) is 11.3. The van der Waals surface area contributed by atoms with E-state index in [2.05, 4.69) is 9.88 Å². The average molecular weight is 263 g/mol. The average Bonchev–Trinajstić information content (AvgIpc) is 2.40. The number of ether oxygens (including phenoxy) is 1. The van der Waals surface area contributed by atoms with Crippen molar-refractivity contribution in [2.75, 3.05) is 25.4 Å². The zero-order chi connectivity index (χ0) is 13.7. The highest BCUT2D eigenvalue weighted by Crippen LogP contribution is 2.20. The number of nitrogens with two attached hydrogens (primary N) is 1. The van der Waals surface area contributed by atoms with E-state index in [1.807, 2.05) is 13.0 Å². The molecule has 0 unspecified atom stereocenters. The fraction of sp³-hybridized carbons (Fsp3) is 0.571. The Morgan fingerprint density at radius 3 is 2.89 bits per heavy atom. The van der Waals surface area contributed by atoms with Crippen molar-refractivity contribution >= 4 is 11.7 Å². The normalized spacial score (nSPS) is 17.3. The van der Waals surface area contributed by atoms with E-state index in [0.717, 1.165) is 43.9 Å². The molecule has 0 atom stereocenters. The molecule has 1 aromatic rings. The molecule has 1 aliphatic rings. The van der Waals surface area contributed by atoms with Gasteiger partial charge in [0.25, 0.3) is 0 Å². The number of piperidine rings is 1. The second-order valence-corrected chi connectivity index (χ2v) is 4.88. The molecule has 1 aromatic heterocycles. The van der Waals surface area contributed by atoms with Gasteiger partial charge in [-0.15, -0.1) is 0 Å². The molecule has 2 rings (SSSR count). The Hall–Kier alpha value is -1.62. The Morgan fingerprint density at radius 2 is 2.26 bits per heavy atom. The lowest BCUT2D eigenvalue weighted by molar-refractivity contribution is -0.149. The number of nitrogen functional groups attached to an aromatic ring is 1. The number of likely N-dealkylation sites (tertiary alicyclic amines) is 1. The third-order valence-corrected chi connectivity index (χ3v) is 3.43. The molecule has 0 radical (unpaired) electrons. The van der Waals surface area contributed by atoms with Gasteiger partial charge in [0.15, 0.2) is 0 Å². The smallest absolute Gasteiger partial charge is 0.309 e. The Labute approximate surface area is 113 Å². The molecule has 2 heterocycles. The van der Waals surface area contributed by atoms with Gasteiger partial charge in [0.1, 0.15) is 0 Å². The molecule has 1 fully saturated rings. The van der Waals surface area contributed by atoms with Crippen LogP contribution in [0.1, 0.15) is 25.5 Å². The second-order valence-electron chi connectivity index (χ2n) is 4.88. The van der Waals surface area contributed by atoms with Crippen molar-refractivity contribution in [3.8, 4) is 0 Å². The number of hydrogen-bond acceptors (Lipinski definition) is 5. The Bertz CT molecular complexity index is 428. The van der Waals surface area contributed by atoms with Gasteiger partial charge in [-0.2, -0.15) is 0 Å². The van der Waals surface area contributed by atoms with Crippen LogP contribution in [0, 0.1) is 5.92 Å². The van der Waals surface area contributed by atoms with E-state index in [4.69, 9.17) is 10.5 Å². The highest BCUT2D eigenvalue weighted by Gasteiger charge is 2.25. The highest BCUT2D eigenvalue weighted by molar-refractivity contribution is 5.72. The van der Waals surface area contributed by atoms with E-state index in [-0.39, 0.29) is 11.9 Å². The maximum Gasteiger partial charge on any atom is 0.309 e. The van der Waals surface area contributed by atoms with Gasteiger partial charge >= 0.3 is 5.97 Å². The standard InChI is InChI=1S/C14H21N3O2/c1-2-19-14(18)11-4-7-17(8-5-11)10-13-9-12(15)3-6-16-13/h3,6,9,11H,2,4-5,7-8,10H2,1H3,(H2,15,16). The summed E-state index contributed by atoms with van der Waals surface area (Å²) in [4.78, 5) is 18.2. The number of esters is 1. The maximum atomic E-state index is 11.6. The first-order valence-corrected chi connectivity index (χ1v) is 6.78. The summed E-state index contributed by atoms with van der Waals surface area (Å²) in [6.45, 7) is 4.91. The summed E-state index contributed by atoms with van der Waals surface area (Å²) in [6, 6.07) is 3.69. The summed E-state index contributed by atoms with van der Waals surface area (Å²) in [5.41, 5.74) is 7.46. The number of carbonyl (C=O) groups excluding carboxylic acids is 1. The maximum absolute atomic E-state index is 11.6. The summed E-state index contributed by atoms with van der Waals surface area (Å²) < 4.78 is 5.06. The monoisotopic (exact) mass is 263 g/mol. The number of rotatable bonds is 4. The molecular formula is C14H21N3O2. The van der Waals surface area contributed by atoms with E-state index >= 15 is 0 Å². The van der Waals surface area contributed by atoms with Crippen LogP contribution in [0.4, 0.5) is 5.69 Å². The van der Waals surface area contributed by atoms with Crippen LogP contribution in [0.25, 0.3) is 0 Å². The molecule has 0 aromatic carbocycles. The van der Waals surface area contributed by atoms with Crippen molar-refractivity contribution in [3.63, 3.8) is 0 Å². The van der Waals surface area contributed by atoms with Crippen molar-refractivity contribution in [1.82, 2.24) is 9.88 Å². The second kappa shape index (κ2) is 6.52. The summed E-state index contributed by atoms with van der Waals surface area (Å²) in [5.74, 6) is 0.00855. The van der Waals surface area contributed by atoms with Gasteiger partial charge in [0.2, 0.25) is 0 Å². The van der Waals surface area contributed by atoms with E-state index in [9.17, 15) is 4.79 Å². The minimum Gasteiger partial charge on any atom is -0.466 e. The Balaban J connectivity index is 1.82. The number of carbonyl (C=O) groups is 1. The van der Waals surface area contributed by atoms with Crippen LogP contribution in [0.3, 0.4) is 0 Å². The molecular weight excluding hydrogens is 242 g/mol. The highest BCUT2D eigenvalue weighted by atomic mass is 16.5. The predicted molar refractivity (Wildman–Crippen MR) is 73.3 cm³/mol. The first-order chi connectivity index (χ1) is 9.19. The van der Waals surface area contributed by atoms with Gasteiger partial charge in [-0.1, -0.05) is 0 Å². The van der Waals surface area contributed by atoms with E-state index in [0.29, 0.717) is 6.61 Å². The first-order valence-electron chi connectivity index (χ1n) is 6.78. The summed E-state index contributed by atoms with van der Waals surface area (Å²) in [6.07, 6.45) is 3.46. The first kappa shape index (κ1) is 13.8. The third kappa shape index (κ3) is 3.92. The van der Waals surface area contributed by atoms with Crippen molar-refractivity contribution in [3.05, 3.63) is 24.0 Å². The van der Waals surface area contributed by atoms with E-state index in [1.54, 1.807) is 12.3 Å². The van der Waals surface area contributed by atoms with E-state index < -0.39 is 0 Å². The molecule has 1 saturated heterocycles. The minimum atomic E-state index is -0.0516. The topological polar surface area (TPSA) is 68.5 Å². The Morgan fingerprint density at radius 1 is 1.53 bits per heavy atom. The van der Waals surface area contributed by atoms with Crippen molar-refractivity contribution < 1.29 is 9.53 Å². The summed E-state index contributed by atoms with van der Waals surface area (Å²) in [5, 5.41) is 0. The number of nitrogens with zero attached hydrogens (tertiary/aromatic N) is 2. The molecule has 0 saturated carbocycles. The van der Waals surface area contributed by atoms with Crippen LogP contribution in [0.2, 0.25) is 0 Å². The summed E-state index contributed by atoms with van der Waals surface area (Å²) >= 11 is 0. The van der Waals surface area contributed by atoms with Gasteiger partial charge in [0, 0.05) is 18.4 Å². The number of pyridine rings is 1. The quantitative estimate of drug-likeness (QED) is 0.832. The van der Waals surface area contributed by atoms with Crippen molar-refractivity contribution in [2.45, 2.75) is 26.3 Å². The third-order valence-electron chi connectivity index (χ3n) is 3.43. The van der Waals surface area contributed by atoms with E-state index in [1.165, 1.54) is 0 Å². The lowest BCUT2D eigenvalue weighted by Crippen LogP contribution is -2.36. The fourth-order valence-corrected chi connectivity index (χ4v) is 2.40. The molecule has 0 bridgehead atoms. The number of anilines is 1. The predicted octanol–water partition coefficient (Wildman–Crippen LogP) is 1.44. The molecule has 0 aliphatic carbocycles. The van der Waals surface area contributed by atoms with Crippen LogP contribution < -0.4 is 5.73 Å². The van der Waals surface area contributed by atoms with Gasteiger partial charge in [-0.25, -0.2) is 0 Å². The number of hydrogen-bond donors (Lipinski definition) is 1. The molecule has 5 heteroatoms. The van der Waals surface area contributed by atoms with Crippen LogP contribution in [-0.4, -0.2) is 35.5 Å². The SMILES string of the molecule is CCOC(=O)C1CCN(Cc2cc(N)ccn2)CC1. The Kier molecular flexibility index (Phi) is 4.74.